The van der Waals surface area contributed by atoms with Gasteiger partial charge in [0.1, 0.15) is 0 Å². The highest BCUT2D eigenvalue weighted by Crippen LogP contribution is 2.17. The normalized spacial score (nSPS) is 16.2. The molecule has 26 heavy (non-hydrogen) atoms. The molecule has 1 aliphatic heterocycles. The minimum atomic E-state index is -3.52. The maximum atomic E-state index is 12.4. The molecule has 0 saturated carbocycles. The van der Waals surface area contributed by atoms with Crippen LogP contribution in [-0.4, -0.2) is 75.9 Å². The first-order chi connectivity index (χ1) is 12.3. The van der Waals surface area contributed by atoms with Gasteiger partial charge in [0.2, 0.25) is 10.0 Å². The SMILES string of the molecule is CC(C)N(C)S(=O)(=O)c1ccc(C(=O)NCCCN2CCNCC2)cc1. The Morgan fingerprint density at radius 2 is 1.85 bits per heavy atom. The monoisotopic (exact) mass is 382 g/mol. The zero-order chi connectivity index (χ0) is 19.2. The molecule has 0 unspecified atom stereocenters. The van der Waals surface area contributed by atoms with E-state index in [0.29, 0.717) is 12.1 Å². The van der Waals surface area contributed by atoms with Gasteiger partial charge in [-0.3, -0.25) is 4.79 Å². The molecule has 1 saturated heterocycles. The van der Waals surface area contributed by atoms with E-state index in [0.717, 1.165) is 39.1 Å². The molecule has 2 rings (SSSR count). The van der Waals surface area contributed by atoms with Crippen molar-refractivity contribution < 1.29 is 13.2 Å². The van der Waals surface area contributed by atoms with E-state index < -0.39 is 10.0 Å². The van der Waals surface area contributed by atoms with Crippen molar-refractivity contribution in [1.29, 1.82) is 0 Å². The quantitative estimate of drug-likeness (QED) is 0.648. The minimum Gasteiger partial charge on any atom is -0.352 e. The fourth-order valence-electron chi connectivity index (χ4n) is 2.76. The van der Waals surface area contributed by atoms with Crippen LogP contribution < -0.4 is 10.6 Å². The number of carbonyl (C=O) groups is 1. The zero-order valence-electron chi connectivity index (χ0n) is 15.9. The molecule has 0 spiro atoms. The average molecular weight is 383 g/mol. The molecule has 0 bridgehead atoms. The Bertz CT molecular complexity index is 683. The molecule has 2 N–H and O–H groups in total. The van der Waals surface area contributed by atoms with Crippen LogP contribution >= 0.6 is 0 Å². The Labute approximate surface area is 156 Å². The highest BCUT2D eigenvalue weighted by molar-refractivity contribution is 7.89. The number of nitrogens with one attached hydrogen (secondary N) is 2. The van der Waals surface area contributed by atoms with E-state index in [1.54, 1.807) is 19.2 Å². The second kappa shape index (κ2) is 9.45. The molecule has 0 atom stereocenters. The van der Waals surface area contributed by atoms with Crippen molar-refractivity contribution >= 4 is 15.9 Å². The van der Waals surface area contributed by atoms with Gasteiger partial charge in [-0.25, -0.2) is 8.42 Å². The number of rotatable bonds is 8. The van der Waals surface area contributed by atoms with Gasteiger partial charge in [-0.15, -0.1) is 0 Å². The lowest BCUT2D eigenvalue weighted by Crippen LogP contribution is -2.44. The lowest BCUT2D eigenvalue weighted by Gasteiger charge is -2.27. The molecule has 7 nitrogen and oxygen atoms in total. The average Bonchev–Trinajstić information content (AvgIpc) is 2.65. The number of piperazine rings is 1. The molecule has 1 fully saturated rings. The van der Waals surface area contributed by atoms with Crippen molar-refractivity contribution in [2.24, 2.45) is 0 Å². The molecule has 1 aromatic carbocycles. The summed E-state index contributed by atoms with van der Waals surface area (Å²) in [5, 5.41) is 6.21. The second-order valence-electron chi connectivity index (χ2n) is 6.84. The maximum Gasteiger partial charge on any atom is 0.251 e. The molecule has 0 radical (unpaired) electrons. The van der Waals surface area contributed by atoms with Crippen molar-refractivity contribution in [3.63, 3.8) is 0 Å². The van der Waals surface area contributed by atoms with Crippen LogP contribution in [0.2, 0.25) is 0 Å². The van der Waals surface area contributed by atoms with Gasteiger partial charge < -0.3 is 15.5 Å². The van der Waals surface area contributed by atoms with Crippen molar-refractivity contribution in [2.45, 2.75) is 31.2 Å². The molecule has 146 valence electrons. The summed E-state index contributed by atoms with van der Waals surface area (Å²) in [4.78, 5) is 14.8. The minimum absolute atomic E-state index is 0.126. The highest BCUT2D eigenvalue weighted by atomic mass is 32.2. The first kappa shape index (κ1) is 20.8. The first-order valence-corrected chi connectivity index (χ1v) is 10.6. The van der Waals surface area contributed by atoms with E-state index in [-0.39, 0.29) is 16.8 Å². The van der Waals surface area contributed by atoms with Gasteiger partial charge in [-0.2, -0.15) is 4.31 Å². The largest absolute Gasteiger partial charge is 0.352 e. The van der Waals surface area contributed by atoms with Crippen molar-refractivity contribution in [1.82, 2.24) is 19.8 Å². The summed E-state index contributed by atoms with van der Waals surface area (Å²) in [5.41, 5.74) is 0.471. The van der Waals surface area contributed by atoms with Crippen LogP contribution in [-0.2, 0) is 10.0 Å². The summed E-state index contributed by atoms with van der Waals surface area (Å²) in [6.07, 6.45) is 0.900. The van der Waals surface area contributed by atoms with Gasteiger partial charge in [0.25, 0.3) is 5.91 Å². The third-order valence-corrected chi connectivity index (χ3v) is 6.71. The Hall–Kier alpha value is -1.48. The van der Waals surface area contributed by atoms with Gasteiger partial charge in [0.05, 0.1) is 4.90 Å². The van der Waals surface area contributed by atoms with Crippen LogP contribution in [0.15, 0.2) is 29.2 Å². The summed E-state index contributed by atoms with van der Waals surface area (Å²) in [5.74, 6) is -0.175. The molecule has 1 aromatic rings. The Morgan fingerprint density at radius 1 is 1.23 bits per heavy atom. The van der Waals surface area contributed by atoms with Gasteiger partial charge in [-0.1, -0.05) is 0 Å². The summed E-state index contributed by atoms with van der Waals surface area (Å²) < 4.78 is 26.2. The van der Waals surface area contributed by atoms with Gasteiger partial charge >= 0.3 is 0 Å². The smallest absolute Gasteiger partial charge is 0.251 e. The predicted molar refractivity (Wildman–Crippen MR) is 103 cm³/mol. The topological polar surface area (TPSA) is 81.8 Å². The third kappa shape index (κ3) is 5.51. The van der Waals surface area contributed by atoms with Gasteiger partial charge in [-0.05, 0) is 51.1 Å². The fourth-order valence-corrected chi connectivity index (χ4v) is 4.13. The Kier molecular flexibility index (Phi) is 7.57. The number of sulfonamides is 1. The van der Waals surface area contributed by atoms with Crippen molar-refractivity contribution in [3.8, 4) is 0 Å². The molecule has 0 aliphatic carbocycles. The summed E-state index contributed by atoms with van der Waals surface area (Å²) in [6.45, 7) is 9.36. The van der Waals surface area contributed by atoms with Crippen LogP contribution in [0.1, 0.15) is 30.6 Å². The van der Waals surface area contributed by atoms with Crippen molar-refractivity contribution in [3.05, 3.63) is 29.8 Å². The van der Waals surface area contributed by atoms with E-state index in [4.69, 9.17) is 0 Å². The number of benzene rings is 1. The Morgan fingerprint density at radius 3 is 2.42 bits per heavy atom. The van der Waals surface area contributed by atoms with Crippen molar-refractivity contribution in [2.75, 3.05) is 46.3 Å². The molecule has 1 amide bonds. The van der Waals surface area contributed by atoms with Gasteiger partial charge in [0.15, 0.2) is 0 Å². The zero-order valence-corrected chi connectivity index (χ0v) is 16.7. The molecule has 8 heteroatoms. The lowest BCUT2D eigenvalue weighted by atomic mass is 10.2. The summed E-state index contributed by atoms with van der Waals surface area (Å²) >= 11 is 0. The van der Waals surface area contributed by atoms with Crippen LogP contribution in [0.4, 0.5) is 0 Å². The third-order valence-electron chi connectivity index (χ3n) is 4.67. The number of nitrogens with zero attached hydrogens (tertiary/aromatic N) is 2. The van der Waals surface area contributed by atoms with Crippen LogP contribution in [0.5, 0.6) is 0 Å². The van der Waals surface area contributed by atoms with E-state index in [2.05, 4.69) is 15.5 Å². The maximum absolute atomic E-state index is 12.4. The van der Waals surface area contributed by atoms with Crippen LogP contribution in [0.3, 0.4) is 0 Å². The highest BCUT2D eigenvalue weighted by Gasteiger charge is 2.23. The lowest BCUT2D eigenvalue weighted by molar-refractivity contribution is 0.0951. The summed E-state index contributed by atoms with van der Waals surface area (Å²) in [6, 6.07) is 5.98. The van der Waals surface area contributed by atoms with E-state index in [9.17, 15) is 13.2 Å². The van der Waals surface area contributed by atoms with Gasteiger partial charge in [0, 0.05) is 51.4 Å². The number of hydrogen-bond acceptors (Lipinski definition) is 5. The Balaban J connectivity index is 1.84. The standard InChI is InChI=1S/C18H30N4O3S/c1-15(2)21(3)26(24,25)17-7-5-16(6-8-17)18(23)20-9-4-12-22-13-10-19-11-14-22/h5-8,15,19H,4,9-14H2,1-3H3,(H,20,23). The van der Waals surface area contributed by atoms with E-state index in [1.165, 1.54) is 16.4 Å². The van der Waals surface area contributed by atoms with Crippen LogP contribution in [0, 0.1) is 0 Å². The first-order valence-electron chi connectivity index (χ1n) is 9.11. The van der Waals surface area contributed by atoms with Crippen LogP contribution in [0.25, 0.3) is 0 Å². The fraction of sp³-hybridized carbons (Fsp3) is 0.611. The molecular weight excluding hydrogens is 352 g/mol. The number of hydrogen-bond donors (Lipinski definition) is 2. The predicted octanol–water partition coefficient (Wildman–Crippen LogP) is 0.741. The van der Waals surface area contributed by atoms with E-state index in [1.807, 2.05) is 13.8 Å². The molecule has 0 aromatic heterocycles. The summed E-state index contributed by atoms with van der Waals surface area (Å²) in [7, 11) is -1.97. The second-order valence-corrected chi connectivity index (χ2v) is 8.84. The molecule has 1 aliphatic rings. The number of amides is 1. The molecule has 1 heterocycles. The van der Waals surface area contributed by atoms with E-state index >= 15 is 0 Å². The molecular formula is C18H30N4O3S. The number of carbonyl (C=O) groups excluding carboxylic acids is 1.